The molecule has 0 aromatic heterocycles. The molecule has 3 aromatic rings. The number of benzene rings is 3. The van der Waals surface area contributed by atoms with Crippen molar-refractivity contribution in [2.75, 3.05) is 5.32 Å². The SMILES string of the molecule is Fc1ccc(CN=C2NSc3ccc(F)c(Cc4ccccc4F)c3N2)cc1Cl. The molecule has 2 N–H and O–H groups in total. The van der Waals surface area contributed by atoms with E-state index in [4.69, 9.17) is 11.6 Å². The van der Waals surface area contributed by atoms with Crippen molar-refractivity contribution in [3.8, 4) is 0 Å². The maximum absolute atomic E-state index is 14.6. The molecule has 0 radical (unpaired) electrons. The minimum atomic E-state index is -0.491. The molecule has 0 saturated heterocycles. The molecule has 3 aromatic carbocycles. The van der Waals surface area contributed by atoms with Crippen LogP contribution < -0.4 is 10.0 Å². The summed E-state index contributed by atoms with van der Waals surface area (Å²) in [5.41, 5.74) is 2.05. The Morgan fingerprint density at radius 3 is 2.52 bits per heavy atom. The second-order valence-electron chi connectivity index (χ2n) is 6.41. The molecule has 0 atom stereocenters. The summed E-state index contributed by atoms with van der Waals surface area (Å²) in [6.45, 7) is 0.253. The van der Waals surface area contributed by atoms with Crippen LogP contribution >= 0.6 is 23.5 Å². The van der Waals surface area contributed by atoms with Crippen LogP contribution in [0.5, 0.6) is 0 Å². The summed E-state index contributed by atoms with van der Waals surface area (Å²) >= 11 is 7.08. The van der Waals surface area contributed by atoms with Gasteiger partial charge in [0, 0.05) is 12.0 Å². The first-order chi connectivity index (χ1) is 14.0. The lowest BCUT2D eigenvalue weighted by Crippen LogP contribution is -2.30. The van der Waals surface area contributed by atoms with Crippen molar-refractivity contribution >= 4 is 35.2 Å². The number of hydrogen-bond acceptors (Lipinski definition) is 2. The minimum absolute atomic E-state index is 0.0289. The summed E-state index contributed by atoms with van der Waals surface area (Å²) in [5.74, 6) is -0.877. The van der Waals surface area contributed by atoms with Gasteiger partial charge >= 0.3 is 0 Å². The zero-order chi connectivity index (χ0) is 20.4. The smallest absolute Gasteiger partial charge is 0.206 e. The Balaban J connectivity index is 1.60. The molecule has 0 fully saturated rings. The summed E-state index contributed by atoms with van der Waals surface area (Å²) in [6.07, 6.45) is 0.107. The van der Waals surface area contributed by atoms with E-state index in [-0.39, 0.29) is 23.8 Å². The molecular weight excluding hydrogens is 419 g/mol. The van der Waals surface area contributed by atoms with Gasteiger partial charge in [-0.3, -0.25) is 4.72 Å². The monoisotopic (exact) mass is 433 g/mol. The van der Waals surface area contributed by atoms with E-state index in [1.807, 2.05) is 0 Å². The maximum atomic E-state index is 14.6. The first kappa shape index (κ1) is 19.7. The Morgan fingerprint density at radius 1 is 0.931 bits per heavy atom. The molecule has 4 rings (SSSR count). The van der Waals surface area contributed by atoms with Crippen LogP contribution in [0.3, 0.4) is 0 Å². The van der Waals surface area contributed by atoms with E-state index in [0.29, 0.717) is 22.8 Å². The summed E-state index contributed by atoms with van der Waals surface area (Å²) in [6, 6.07) is 13.7. The van der Waals surface area contributed by atoms with E-state index >= 15 is 0 Å². The Bertz CT molecular complexity index is 1100. The van der Waals surface area contributed by atoms with Gasteiger partial charge in [0.1, 0.15) is 17.5 Å². The fourth-order valence-electron chi connectivity index (χ4n) is 2.96. The highest BCUT2D eigenvalue weighted by atomic mass is 35.5. The van der Waals surface area contributed by atoms with Gasteiger partial charge < -0.3 is 5.32 Å². The van der Waals surface area contributed by atoms with Crippen LogP contribution in [0.15, 0.2) is 64.5 Å². The largest absolute Gasteiger partial charge is 0.324 e. The van der Waals surface area contributed by atoms with Gasteiger partial charge in [-0.1, -0.05) is 35.9 Å². The third-order valence-electron chi connectivity index (χ3n) is 4.45. The fraction of sp³-hybridized carbons (Fsp3) is 0.0952. The normalized spacial score (nSPS) is 14.3. The van der Waals surface area contributed by atoms with Crippen molar-refractivity contribution in [3.05, 3.63) is 93.8 Å². The van der Waals surface area contributed by atoms with E-state index < -0.39 is 11.6 Å². The molecule has 0 aliphatic carbocycles. The highest BCUT2D eigenvalue weighted by molar-refractivity contribution is 7.98. The first-order valence-corrected chi connectivity index (χ1v) is 9.94. The van der Waals surface area contributed by atoms with Gasteiger partial charge in [0.2, 0.25) is 5.96 Å². The maximum Gasteiger partial charge on any atom is 0.206 e. The van der Waals surface area contributed by atoms with Crippen LogP contribution in [0.1, 0.15) is 16.7 Å². The van der Waals surface area contributed by atoms with E-state index in [1.165, 1.54) is 36.2 Å². The summed E-state index contributed by atoms with van der Waals surface area (Å²) in [7, 11) is 0. The number of rotatable bonds is 4. The van der Waals surface area contributed by atoms with Crippen LogP contribution in [-0.4, -0.2) is 5.96 Å². The Kier molecular flexibility index (Phi) is 5.69. The number of anilines is 1. The lowest BCUT2D eigenvalue weighted by atomic mass is 10.0. The Morgan fingerprint density at radius 2 is 1.72 bits per heavy atom. The number of hydrogen-bond donors (Lipinski definition) is 2. The van der Waals surface area contributed by atoms with Crippen molar-refractivity contribution in [1.29, 1.82) is 0 Å². The molecule has 0 amide bonds. The molecule has 0 spiro atoms. The van der Waals surface area contributed by atoms with Crippen LogP contribution in [0.25, 0.3) is 0 Å². The van der Waals surface area contributed by atoms with Crippen molar-refractivity contribution in [1.82, 2.24) is 4.72 Å². The van der Waals surface area contributed by atoms with Crippen LogP contribution in [0, 0.1) is 17.5 Å². The van der Waals surface area contributed by atoms with Gasteiger partial charge in [0.25, 0.3) is 0 Å². The highest BCUT2D eigenvalue weighted by Gasteiger charge is 2.21. The van der Waals surface area contributed by atoms with Gasteiger partial charge in [-0.25, -0.2) is 18.2 Å². The van der Waals surface area contributed by atoms with E-state index in [9.17, 15) is 13.2 Å². The summed E-state index contributed by atoms with van der Waals surface area (Å²) in [4.78, 5) is 5.19. The third-order valence-corrected chi connectivity index (χ3v) is 5.59. The van der Waals surface area contributed by atoms with Crippen molar-refractivity contribution in [2.45, 2.75) is 17.9 Å². The van der Waals surface area contributed by atoms with Gasteiger partial charge in [0.15, 0.2) is 0 Å². The second kappa shape index (κ2) is 8.39. The number of nitrogens with one attached hydrogen (secondary N) is 2. The first-order valence-electron chi connectivity index (χ1n) is 8.74. The molecule has 29 heavy (non-hydrogen) atoms. The summed E-state index contributed by atoms with van der Waals surface area (Å²) < 4.78 is 45.0. The van der Waals surface area contributed by atoms with E-state index in [2.05, 4.69) is 15.0 Å². The second-order valence-corrected chi connectivity index (χ2v) is 7.66. The van der Waals surface area contributed by atoms with Crippen molar-refractivity contribution < 1.29 is 13.2 Å². The zero-order valence-corrected chi connectivity index (χ0v) is 16.6. The van der Waals surface area contributed by atoms with Crippen molar-refractivity contribution in [3.63, 3.8) is 0 Å². The topological polar surface area (TPSA) is 36.4 Å². The standard InChI is InChI=1S/C21H15ClF3N3S/c22-15-9-12(5-6-18(15)25)11-26-21-27-20-14(10-13-3-1-2-4-16(13)23)17(24)7-8-19(20)29-28-21/h1-9H,10-11H2,(H2,26,27,28). The molecular formula is C21H15ClF3N3S. The lowest BCUT2D eigenvalue weighted by Gasteiger charge is -2.23. The molecule has 0 bridgehead atoms. The quantitative estimate of drug-likeness (QED) is 0.501. The average Bonchev–Trinajstić information content (AvgIpc) is 2.72. The lowest BCUT2D eigenvalue weighted by molar-refractivity contribution is 0.599. The molecule has 8 heteroatoms. The molecule has 0 saturated carbocycles. The summed E-state index contributed by atoms with van der Waals surface area (Å²) in [5, 5.41) is 3.12. The number of fused-ring (bicyclic) bond motifs is 1. The number of nitrogens with zero attached hydrogens (tertiary/aromatic N) is 1. The number of halogens is 4. The van der Waals surface area contributed by atoms with Gasteiger partial charge in [-0.2, -0.15) is 0 Å². The molecule has 1 aliphatic heterocycles. The molecule has 1 heterocycles. The average molecular weight is 434 g/mol. The van der Waals surface area contributed by atoms with Gasteiger partial charge in [-0.05, 0) is 53.4 Å². The van der Waals surface area contributed by atoms with E-state index in [0.717, 1.165) is 10.5 Å². The number of guanidine groups is 1. The third kappa shape index (κ3) is 4.36. The zero-order valence-electron chi connectivity index (χ0n) is 15.0. The van der Waals surface area contributed by atoms with Crippen LogP contribution in [-0.2, 0) is 13.0 Å². The minimum Gasteiger partial charge on any atom is -0.324 e. The highest BCUT2D eigenvalue weighted by Crippen LogP contribution is 2.35. The molecule has 148 valence electrons. The fourth-order valence-corrected chi connectivity index (χ4v) is 3.89. The predicted molar refractivity (Wildman–Crippen MR) is 111 cm³/mol. The molecule has 0 unspecified atom stereocenters. The Labute approximate surface area is 175 Å². The van der Waals surface area contributed by atoms with Gasteiger partial charge in [0.05, 0.1) is 22.2 Å². The van der Waals surface area contributed by atoms with Crippen LogP contribution in [0.4, 0.5) is 18.9 Å². The van der Waals surface area contributed by atoms with Crippen LogP contribution in [0.2, 0.25) is 5.02 Å². The Hall–Kier alpha value is -2.64. The van der Waals surface area contributed by atoms with E-state index in [1.54, 1.807) is 30.3 Å². The van der Waals surface area contributed by atoms with Crippen molar-refractivity contribution in [2.24, 2.45) is 4.99 Å². The predicted octanol–water partition coefficient (Wildman–Crippen LogP) is 5.93. The number of aliphatic imine (C=N–C) groups is 1. The molecule has 1 aliphatic rings. The molecule has 3 nitrogen and oxygen atoms in total. The van der Waals surface area contributed by atoms with Gasteiger partial charge in [-0.15, -0.1) is 0 Å².